The molecule has 2 aliphatic heterocycles. The van der Waals surface area contributed by atoms with Crippen molar-refractivity contribution in [2.45, 2.75) is 63.1 Å². The number of rotatable bonds is 7. The van der Waals surface area contributed by atoms with Gasteiger partial charge in [-0.25, -0.2) is 4.98 Å². The van der Waals surface area contributed by atoms with Gasteiger partial charge in [0.15, 0.2) is 0 Å². The molecule has 1 aromatic carbocycles. The molecule has 2 saturated heterocycles. The van der Waals surface area contributed by atoms with Crippen LogP contribution in [0.15, 0.2) is 47.5 Å². The smallest absolute Gasteiger partial charge is 0.255 e. The summed E-state index contributed by atoms with van der Waals surface area (Å²) in [6.45, 7) is 5.02. The van der Waals surface area contributed by atoms with Gasteiger partial charge in [0.2, 0.25) is 5.91 Å². The van der Waals surface area contributed by atoms with E-state index in [0.29, 0.717) is 44.2 Å². The zero-order chi connectivity index (χ0) is 25.0. The summed E-state index contributed by atoms with van der Waals surface area (Å²) in [6.07, 6.45) is 5.14. The fraction of sp³-hybridized carbons (Fsp3) is 0.593. The summed E-state index contributed by atoms with van der Waals surface area (Å²) in [4.78, 5) is 36.5. The van der Waals surface area contributed by atoms with Crippen molar-refractivity contribution in [3.8, 4) is 0 Å². The minimum absolute atomic E-state index is 0.115. The van der Waals surface area contributed by atoms with E-state index in [-0.39, 0.29) is 23.9 Å². The van der Waals surface area contributed by atoms with Crippen molar-refractivity contribution in [1.29, 1.82) is 0 Å². The zero-order valence-electron chi connectivity index (χ0n) is 21.3. The first-order valence-electron chi connectivity index (χ1n) is 12.8. The highest BCUT2D eigenvalue weighted by molar-refractivity contribution is 5.77. The van der Waals surface area contributed by atoms with E-state index >= 15 is 0 Å². The molecular weight excluding hydrogens is 442 g/mol. The van der Waals surface area contributed by atoms with Gasteiger partial charge in [-0.3, -0.25) is 14.2 Å². The van der Waals surface area contributed by atoms with Crippen LogP contribution in [-0.2, 0) is 11.3 Å². The van der Waals surface area contributed by atoms with Crippen molar-refractivity contribution >= 4 is 11.7 Å². The Morgan fingerprint density at radius 1 is 1.20 bits per heavy atom. The van der Waals surface area contributed by atoms with E-state index in [2.05, 4.69) is 47.9 Å². The molecular formula is C27H39N5O3. The number of benzene rings is 1. The topological polar surface area (TPSA) is 81.9 Å². The first-order valence-corrected chi connectivity index (χ1v) is 12.8. The molecule has 0 saturated carbocycles. The molecule has 8 nitrogen and oxygen atoms in total. The average molecular weight is 482 g/mol. The second-order valence-corrected chi connectivity index (χ2v) is 10.5. The molecule has 0 bridgehead atoms. The lowest BCUT2D eigenvalue weighted by Gasteiger charge is -2.39. The minimum atomic E-state index is -1.02. The molecule has 8 heteroatoms. The van der Waals surface area contributed by atoms with Crippen LogP contribution in [0, 0.1) is 0 Å². The molecule has 2 aliphatic rings. The molecule has 0 spiro atoms. The number of hydrogen-bond acceptors (Lipinski definition) is 6. The Morgan fingerprint density at radius 2 is 1.91 bits per heavy atom. The Hall–Kier alpha value is -2.71. The van der Waals surface area contributed by atoms with Crippen molar-refractivity contribution in [1.82, 2.24) is 19.4 Å². The van der Waals surface area contributed by atoms with Gasteiger partial charge >= 0.3 is 0 Å². The van der Waals surface area contributed by atoms with Crippen LogP contribution in [0.4, 0.5) is 5.82 Å². The van der Waals surface area contributed by atoms with E-state index < -0.39 is 5.60 Å². The van der Waals surface area contributed by atoms with Crippen LogP contribution < -0.4 is 10.5 Å². The highest BCUT2D eigenvalue weighted by Gasteiger charge is 2.35. The number of aliphatic hydroxyl groups is 1. The molecule has 3 heterocycles. The number of hydrogen-bond donors (Lipinski definition) is 1. The van der Waals surface area contributed by atoms with Gasteiger partial charge in [-0.05, 0) is 51.3 Å². The maximum Gasteiger partial charge on any atom is 0.255 e. The Morgan fingerprint density at radius 3 is 2.57 bits per heavy atom. The molecule has 190 valence electrons. The van der Waals surface area contributed by atoms with Crippen LogP contribution in [0.5, 0.6) is 0 Å². The summed E-state index contributed by atoms with van der Waals surface area (Å²) in [5.41, 5.74) is -0.00669. The third-order valence-electron chi connectivity index (χ3n) is 7.68. The number of likely N-dealkylation sites (N-methyl/N-ethyl adjacent to an activating group) is 1. The molecule has 35 heavy (non-hydrogen) atoms. The van der Waals surface area contributed by atoms with Crippen molar-refractivity contribution in [3.63, 3.8) is 0 Å². The Kier molecular flexibility index (Phi) is 7.91. The lowest BCUT2D eigenvalue weighted by molar-refractivity contribution is -0.136. The second kappa shape index (κ2) is 10.9. The van der Waals surface area contributed by atoms with E-state index in [0.717, 1.165) is 31.5 Å². The quantitative estimate of drug-likeness (QED) is 0.654. The van der Waals surface area contributed by atoms with Gasteiger partial charge in [0.1, 0.15) is 5.82 Å². The van der Waals surface area contributed by atoms with Crippen LogP contribution >= 0.6 is 0 Å². The molecule has 0 radical (unpaired) electrons. The van der Waals surface area contributed by atoms with Gasteiger partial charge in [-0.1, -0.05) is 37.3 Å². The lowest BCUT2D eigenvalue weighted by Crippen LogP contribution is -2.50. The highest BCUT2D eigenvalue weighted by atomic mass is 16.3. The molecule has 2 atom stereocenters. The number of carbonyl (C=O) groups is 1. The predicted molar refractivity (Wildman–Crippen MR) is 138 cm³/mol. The number of piperidine rings is 2. The average Bonchev–Trinajstić information content (AvgIpc) is 2.86. The standard InChI is InChI=1S/C27H39N5O3/c1-21(22-8-5-4-6-9-22)16-25(33)30-14-11-27(35,12-15-30)19-32-20-28-24(17-26(32)34)31-13-7-10-23(18-31)29(2)3/h4-6,8-9,17,20-21,23,35H,7,10-16,18-19H2,1-3H3/t21?,23-/m0/s1. The fourth-order valence-corrected chi connectivity index (χ4v) is 5.23. The normalized spacial score (nSPS) is 21.2. The lowest BCUT2D eigenvalue weighted by atomic mass is 9.90. The van der Waals surface area contributed by atoms with Crippen LogP contribution in [-0.4, -0.2) is 82.3 Å². The highest BCUT2D eigenvalue weighted by Crippen LogP contribution is 2.26. The zero-order valence-corrected chi connectivity index (χ0v) is 21.3. The first-order chi connectivity index (χ1) is 16.7. The summed E-state index contributed by atoms with van der Waals surface area (Å²) in [7, 11) is 4.17. The molecule has 0 aliphatic carbocycles. The Bertz CT molecular complexity index is 1050. The molecule has 2 aromatic rings. The van der Waals surface area contributed by atoms with Crippen molar-refractivity contribution in [2.75, 3.05) is 45.2 Å². The van der Waals surface area contributed by atoms with Gasteiger partial charge in [0, 0.05) is 44.7 Å². The number of carbonyl (C=O) groups excluding carboxylic acids is 1. The van der Waals surface area contributed by atoms with E-state index in [9.17, 15) is 14.7 Å². The second-order valence-electron chi connectivity index (χ2n) is 10.5. The van der Waals surface area contributed by atoms with E-state index in [1.165, 1.54) is 4.57 Å². The van der Waals surface area contributed by atoms with Crippen LogP contribution in [0.1, 0.15) is 50.5 Å². The van der Waals surface area contributed by atoms with Crippen molar-refractivity contribution in [2.24, 2.45) is 0 Å². The number of aromatic nitrogens is 2. The van der Waals surface area contributed by atoms with Gasteiger partial charge in [-0.15, -0.1) is 0 Å². The van der Waals surface area contributed by atoms with Gasteiger partial charge in [0.05, 0.1) is 18.5 Å². The molecule has 2 fully saturated rings. The number of likely N-dealkylation sites (tertiary alicyclic amines) is 1. The summed E-state index contributed by atoms with van der Waals surface area (Å²) in [5, 5.41) is 11.2. The number of anilines is 1. The summed E-state index contributed by atoms with van der Waals surface area (Å²) in [5.74, 6) is 0.975. The Labute approximate surface area is 208 Å². The molecule has 1 aromatic heterocycles. The van der Waals surface area contributed by atoms with Crippen molar-refractivity contribution in [3.05, 3.63) is 58.6 Å². The predicted octanol–water partition coefficient (Wildman–Crippen LogP) is 2.32. The molecule has 1 amide bonds. The summed E-state index contributed by atoms with van der Waals surface area (Å²) >= 11 is 0. The third-order valence-corrected chi connectivity index (χ3v) is 7.68. The minimum Gasteiger partial charge on any atom is -0.388 e. The monoisotopic (exact) mass is 481 g/mol. The maximum atomic E-state index is 12.9. The van der Waals surface area contributed by atoms with Gasteiger partial charge < -0.3 is 19.8 Å². The number of nitrogens with zero attached hydrogens (tertiary/aromatic N) is 5. The van der Waals surface area contributed by atoms with Gasteiger partial charge in [0.25, 0.3) is 5.56 Å². The van der Waals surface area contributed by atoms with E-state index in [1.807, 2.05) is 23.1 Å². The SMILES string of the molecule is CC(CC(=O)N1CCC(O)(Cn2cnc(N3CCC[C@H](N(C)C)C3)cc2=O)CC1)c1ccccc1. The number of amides is 1. The van der Waals surface area contributed by atoms with Gasteiger partial charge in [-0.2, -0.15) is 0 Å². The van der Waals surface area contributed by atoms with Crippen LogP contribution in [0.2, 0.25) is 0 Å². The molecule has 1 unspecified atom stereocenters. The largest absolute Gasteiger partial charge is 0.388 e. The molecule has 1 N–H and O–H groups in total. The molecule has 4 rings (SSSR count). The fourth-order valence-electron chi connectivity index (χ4n) is 5.23. The van der Waals surface area contributed by atoms with E-state index in [1.54, 1.807) is 12.4 Å². The maximum absolute atomic E-state index is 12.9. The summed E-state index contributed by atoms with van der Waals surface area (Å²) < 4.78 is 1.51. The Balaban J connectivity index is 1.32. The van der Waals surface area contributed by atoms with Crippen LogP contribution in [0.3, 0.4) is 0 Å². The first kappa shape index (κ1) is 25.4. The third kappa shape index (κ3) is 6.30. The van der Waals surface area contributed by atoms with Crippen molar-refractivity contribution < 1.29 is 9.90 Å². The summed E-state index contributed by atoms with van der Waals surface area (Å²) in [6, 6.07) is 12.1. The van der Waals surface area contributed by atoms with E-state index in [4.69, 9.17) is 0 Å². The van der Waals surface area contributed by atoms with Crippen LogP contribution in [0.25, 0.3) is 0 Å².